The van der Waals surface area contributed by atoms with Gasteiger partial charge in [-0.15, -0.1) is 0 Å². The lowest BCUT2D eigenvalue weighted by Crippen LogP contribution is -2.34. The van der Waals surface area contributed by atoms with Gasteiger partial charge in [0.25, 0.3) is 0 Å². The molecule has 0 spiro atoms. The van der Waals surface area contributed by atoms with E-state index in [0.717, 1.165) is 31.9 Å². The average Bonchev–Trinajstić information content (AvgIpc) is 2.36. The average molecular weight is 271 g/mol. The molecule has 2 atom stereocenters. The first-order chi connectivity index (χ1) is 9.12. The molecule has 0 saturated carbocycles. The Morgan fingerprint density at radius 2 is 1.74 bits per heavy atom. The molecular formula is C15H23F2NO. The van der Waals surface area contributed by atoms with Gasteiger partial charge in [-0.1, -0.05) is 20.3 Å². The molecule has 108 valence electrons. The number of hydrogen-bond acceptors (Lipinski definition) is 2. The fourth-order valence-electron chi connectivity index (χ4n) is 2.22. The van der Waals surface area contributed by atoms with Crippen LogP contribution in [-0.4, -0.2) is 19.8 Å². The maximum atomic E-state index is 13.4. The number of methoxy groups -OCH3 is 1. The molecule has 4 heteroatoms. The molecule has 1 aromatic rings. The summed E-state index contributed by atoms with van der Waals surface area (Å²) in [7, 11) is 1.64. The lowest BCUT2D eigenvalue weighted by atomic mass is 9.97. The Kier molecular flexibility index (Phi) is 6.95. The van der Waals surface area contributed by atoms with Crippen molar-refractivity contribution in [2.75, 3.05) is 13.7 Å². The molecule has 19 heavy (non-hydrogen) atoms. The Hall–Kier alpha value is -1.00. The van der Waals surface area contributed by atoms with Crippen LogP contribution in [-0.2, 0) is 4.74 Å². The zero-order valence-corrected chi connectivity index (χ0v) is 11.9. The molecule has 0 bridgehead atoms. The molecule has 1 aromatic carbocycles. The fourth-order valence-corrected chi connectivity index (χ4v) is 2.22. The second-order valence-corrected chi connectivity index (χ2v) is 4.70. The highest BCUT2D eigenvalue weighted by molar-refractivity contribution is 5.22. The van der Waals surface area contributed by atoms with Crippen LogP contribution in [0.25, 0.3) is 0 Å². The largest absolute Gasteiger partial charge is 0.379 e. The molecule has 0 aromatic heterocycles. The Morgan fingerprint density at radius 3 is 2.21 bits per heavy atom. The first kappa shape index (κ1) is 16.1. The third-order valence-electron chi connectivity index (χ3n) is 3.11. The molecule has 1 rings (SSSR count). The molecule has 1 N–H and O–H groups in total. The van der Waals surface area contributed by atoms with Crippen LogP contribution in [0.5, 0.6) is 0 Å². The van der Waals surface area contributed by atoms with Crippen LogP contribution >= 0.6 is 0 Å². The zero-order valence-electron chi connectivity index (χ0n) is 11.9. The van der Waals surface area contributed by atoms with Gasteiger partial charge in [-0.3, -0.25) is 0 Å². The highest BCUT2D eigenvalue weighted by Gasteiger charge is 2.22. The van der Waals surface area contributed by atoms with Crippen molar-refractivity contribution in [1.82, 2.24) is 5.32 Å². The fraction of sp³-hybridized carbons (Fsp3) is 0.600. The summed E-state index contributed by atoms with van der Waals surface area (Å²) >= 11 is 0. The van der Waals surface area contributed by atoms with Gasteiger partial charge in [-0.2, -0.15) is 0 Å². The van der Waals surface area contributed by atoms with Gasteiger partial charge in [0, 0.05) is 13.2 Å². The van der Waals surface area contributed by atoms with Crippen molar-refractivity contribution < 1.29 is 13.5 Å². The van der Waals surface area contributed by atoms with E-state index >= 15 is 0 Å². The van der Waals surface area contributed by atoms with Crippen LogP contribution in [0.4, 0.5) is 8.78 Å². The third-order valence-corrected chi connectivity index (χ3v) is 3.11. The molecule has 0 radical (unpaired) electrons. The molecule has 0 amide bonds. The highest BCUT2D eigenvalue weighted by atomic mass is 19.1. The summed E-state index contributed by atoms with van der Waals surface area (Å²) in [6.07, 6.45) is 2.67. The molecule has 0 fully saturated rings. The Balaban J connectivity index is 2.99. The SMILES string of the molecule is CCCNC(c1cc(F)cc(F)c1)C(CCC)OC. The number of ether oxygens (including phenoxy) is 1. The van der Waals surface area contributed by atoms with Crippen molar-refractivity contribution in [3.05, 3.63) is 35.4 Å². The lowest BCUT2D eigenvalue weighted by Gasteiger charge is -2.27. The standard InChI is InChI=1S/C15H23F2NO/c1-4-6-14(19-3)15(18-7-5-2)11-8-12(16)10-13(17)9-11/h8-10,14-15,18H,4-7H2,1-3H3. The van der Waals surface area contributed by atoms with Crippen molar-refractivity contribution in [2.45, 2.75) is 45.3 Å². The number of benzene rings is 1. The predicted octanol–water partition coefficient (Wildman–Crippen LogP) is 3.82. The maximum absolute atomic E-state index is 13.4. The van der Waals surface area contributed by atoms with Crippen molar-refractivity contribution in [2.24, 2.45) is 0 Å². The topological polar surface area (TPSA) is 21.3 Å². The van der Waals surface area contributed by atoms with Gasteiger partial charge in [0.2, 0.25) is 0 Å². The summed E-state index contributed by atoms with van der Waals surface area (Å²) in [6.45, 7) is 4.90. The summed E-state index contributed by atoms with van der Waals surface area (Å²) in [4.78, 5) is 0. The third kappa shape index (κ3) is 4.88. The van der Waals surface area contributed by atoms with E-state index in [1.165, 1.54) is 12.1 Å². The minimum absolute atomic E-state index is 0.0854. The second kappa shape index (κ2) is 8.23. The van der Waals surface area contributed by atoms with Crippen LogP contribution < -0.4 is 5.32 Å². The van der Waals surface area contributed by atoms with Gasteiger partial charge in [-0.25, -0.2) is 8.78 Å². The number of nitrogens with one attached hydrogen (secondary N) is 1. The molecule has 0 aliphatic carbocycles. The van der Waals surface area contributed by atoms with Crippen LogP contribution in [0, 0.1) is 11.6 Å². The van der Waals surface area contributed by atoms with Gasteiger partial charge >= 0.3 is 0 Å². The first-order valence-corrected chi connectivity index (χ1v) is 6.84. The predicted molar refractivity (Wildman–Crippen MR) is 73.1 cm³/mol. The Morgan fingerprint density at radius 1 is 1.11 bits per heavy atom. The highest BCUT2D eigenvalue weighted by Crippen LogP contribution is 2.24. The van der Waals surface area contributed by atoms with E-state index in [-0.39, 0.29) is 12.1 Å². The summed E-state index contributed by atoms with van der Waals surface area (Å²) in [5.41, 5.74) is 0.603. The Labute approximate surface area is 114 Å². The molecule has 2 unspecified atom stereocenters. The van der Waals surface area contributed by atoms with E-state index in [1.807, 2.05) is 0 Å². The molecule has 0 heterocycles. The molecular weight excluding hydrogens is 248 g/mol. The summed E-state index contributed by atoms with van der Waals surface area (Å²) in [5, 5.41) is 3.32. The molecule has 0 saturated heterocycles. The van der Waals surface area contributed by atoms with Gasteiger partial charge in [0.15, 0.2) is 0 Å². The Bertz CT molecular complexity index is 364. The summed E-state index contributed by atoms with van der Waals surface area (Å²) in [5.74, 6) is -1.10. The minimum Gasteiger partial charge on any atom is -0.379 e. The van der Waals surface area contributed by atoms with Gasteiger partial charge in [0.1, 0.15) is 11.6 Å². The van der Waals surface area contributed by atoms with E-state index in [2.05, 4.69) is 19.2 Å². The second-order valence-electron chi connectivity index (χ2n) is 4.70. The smallest absolute Gasteiger partial charge is 0.126 e. The number of halogens is 2. The molecule has 0 aliphatic rings. The van der Waals surface area contributed by atoms with Gasteiger partial charge in [0.05, 0.1) is 12.1 Å². The van der Waals surface area contributed by atoms with Crippen molar-refractivity contribution in [3.8, 4) is 0 Å². The lowest BCUT2D eigenvalue weighted by molar-refractivity contribution is 0.0604. The molecule has 2 nitrogen and oxygen atoms in total. The summed E-state index contributed by atoms with van der Waals surface area (Å²) in [6, 6.07) is 3.45. The summed E-state index contributed by atoms with van der Waals surface area (Å²) < 4.78 is 32.2. The van der Waals surface area contributed by atoms with Gasteiger partial charge < -0.3 is 10.1 Å². The first-order valence-electron chi connectivity index (χ1n) is 6.84. The molecule has 0 aliphatic heterocycles. The number of hydrogen-bond donors (Lipinski definition) is 1. The van der Waals surface area contributed by atoms with Crippen LogP contribution in [0.1, 0.15) is 44.7 Å². The van der Waals surface area contributed by atoms with E-state index in [1.54, 1.807) is 7.11 Å². The van der Waals surface area contributed by atoms with Crippen molar-refractivity contribution in [3.63, 3.8) is 0 Å². The minimum atomic E-state index is -0.551. The quantitative estimate of drug-likeness (QED) is 0.776. The van der Waals surface area contributed by atoms with Crippen LogP contribution in [0.3, 0.4) is 0 Å². The number of rotatable bonds is 8. The normalized spacial score (nSPS) is 14.4. The van der Waals surface area contributed by atoms with Crippen molar-refractivity contribution >= 4 is 0 Å². The van der Waals surface area contributed by atoms with Crippen molar-refractivity contribution in [1.29, 1.82) is 0 Å². The van der Waals surface area contributed by atoms with Crippen LogP contribution in [0.15, 0.2) is 18.2 Å². The van der Waals surface area contributed by atoms with E-state index in [4.69, 9.17) is 4.74 Å². The maximum Gasteiger partial charge on any atom is 0.126 e. The van der Waals surface area contributed by atoms with Gasteiger partial charge in [-0.05, 0) is 37.1 Å². The van der Waals surface area contributed by atoms with E-state index in [9.17, 15) is 8.78 Å². The van der Waals surface area contributed by atoms with E-state index < -0.39 is 11.6 Å². The zero-order chi connectivity index (χ0) is 14.3. The van der Waals surface area contributed by atoms with Crippen LogP contribution in [0.2, 0.25) is 0 Å². The monoisotopic (exact) mass is 271 g/mol. The van der Waals surface area contributed by atoms with E-state index in [0.29, 0.717) is 5.56 Å².